The van der Waals surface area contributed by atoms with Crippen LogP contribution in [0.1, 0.15) is 24.8 Å². The van der Waals surface area contributed by atoms with E-state index in [1.165, 1.54) is 5.56 Å². The molecule has 102 valence electrons. The number of aliphatic imine (C=N–C) groups is 1. The summed E-state index contributed by atoms with van der Waals surface area (Å²) in [4.78, 5) is 4.68. The zero-order chi connectivity index (χ0) is 13.2. The summed E-state index contributed by atoms with van der Waals surface area (Å²) in [5, 5.41) is 0. The van der Waals surface area contributed by atoms with Crippen molar-refractivity contribution in [2.24, 2.45) is 10.7 Å². The Hall–Kier alpha value is -1.55. The predicted molar refractivity (Wildman–Crippen MR) is 74.6 cm³/mol. The molecule has 0 saturated heterocycles. The lowest BCUT2D eigenvalue weighted by molar-refractivity contribution is 0.142. The van der Waals surface area contributed by atoms with Crippen LogP contribution in [0.2, 0.25) is 0 Å². The van der Waals surface area contributed by atoms with Crippen LogP contribution in [0.25, 0.3) is 0 Å². The molecule has 3 rings (SSSR count). The molecule has 2 N–H and O–H groups in total. The third-order valence-corrected chi connectivity index (χ3v) is 3.88. The first-order chi connectivity index (χ1) is 9.24. The topological polar surface area (TPSA) is 56.8 Å². The molecule has 1 heterocycles. The second-order valence-corrected chi connectivity index (χ2v) is 5.35. The maximum atomic E-state index is 5.99. The molecular formula is C15H20N2O2. The Bertz CT molecular complexity index is 487. The molecule has 4 nitrogen and oxygen atoms in total. The van der Waals surface area contributed by atoms with E-state index < -0.39 is 0 Å². The Balaban J connectivity index is 1.68. The predicted octanol–water partition coefficient (Wildman–Crippen LogP) is 1.91. The number of fused-ring (bicyclic) bond motifs is 1. The summed E-state index contributed by atoms with van der Waals surface area (Å²) in [6, 6.07) is 8.59. The van der Waals surface area contributed by atoms with Gasteiger partial charge in [-0.25, -0.2) is 4.99 Å². The zero-order valence-corrected chi connectivity index (χ0v) is 11.2. The van der Waals surface area contributed by atoms with Gasteiger partial charge < -0.3 is 15.2 Å². The molecule has 0 spiro atoms. The lowest BCUT2D eigenvalue weighted by atomic mass is 9.90. The number of hydrogen-bond donors (Lipinski definition) is 1. The smallest absolute Gasteiger partial charge is 0.188 e. The van der Waals surface area contributed by atoms with Gasteiger partial charge in [0.25, 0.3) is 0 Å². The summed E-state index contributed by atoms with van der Waals surface area (Å²) in [5.41, 5.74) is 7.15. The van der Waals surface area contributed by atoms with Crippen LogP contribution >= 0.6 is 0 Å². The molecule has 1 fully saturated rings. The molecule has 0 radical (unpaired) electrons. The molecule has 19 heavy (non-hydrogen) atoms. The molecule has 0 aromatic heterocycles. The highest BCUT2D eigenvalue weighted by atomic mass is 16.5. The van der Waals surface area contributed by atoms with Crippen LogP contribution in [0.5, 0.6) is 5.75 Å². The molecule has 3 atom stereocenters. The van der Waals surface area contributed by atoms with Gasteiger partial charge in [0, 0.05) is 12.5 Å². The van der Waals surface area contributed by atoms with Gasteiger partial charge in [-0.3, -0.25) is 0 Å². The molecule has 0 amide bonds. The highest BCUT2D eigenvalue weighted by Crippen LogP contribution is 2.29. The summed E-state index contributed by atoms with van der Waals surface area (Å²) in [6.07, 6.45) is 4.01. The highest BCUT2D eigenvalue weighted by Gasteiger charge is 2.35. The average molecular weight is 260 g/mol. The van der Waals surface area contributed by atoms with Crippen molar-refractivity contribution in [1.82, 2.24) is 0 Å². The van der Waals surface area contributed by atoms with E-state index in [1.54, 1.807) is 7.11 Å². The summed E-state index contributed by atoms with van der Waals surface area (Å²) in [5.74, 6) is 1.72. The molecule has 1 aromatic rings. The van der Waals surface area contributed by atoms with Gasteiger partial charge in [-0.05, 0) is 37.0 Å². The van der Waals surface area contributed by atoms with Gasteiger partial charge in [0.1, 0.15) is 11.9 Å². The van der Waals surface area contributed by atoms with E-state index in [2.05, 4.69) is 11.1 Å². The minimum atomic E-state index is 0.250. The second kappa shape index (κ2) is 5.21. The first-order valence-electron chi connectivity index (χ1n) is 6.86. The van der Waals surface area contributed by atoms with Gasteiger partial charge in [0.05, 0.1) is 13.2 Å². The van der Waals surface area contributed by atoms with Gasteiger partial charge in [0.2, 0.25) is 0 Å². The number of benzene rings is 1. The Labute approximate surface area is 113 Å². The molecule has 4 heteroatoms. The van der Waals surface area contributed by atoms with Crippen LogP contribution in [0.15, 0.2) is 29.3 Å². The van der Waals surface area contributed by atoms with Crippen molar-refractivity contribution in [3.8, 4) is 5.75 Å². The van der Waals surface area contributed by atoms with Crippen molar-refractivity contribution >= 4 is 5.90 Å². The molecular weight excluding hydrogens is 240 g/mol. The summed E-state index contributed by atoms with van der Waals surface area (Å²) in [7, 11) is 1.68. The SMILES string of the molecule is COc1cccc(CC2=NC3CC(N)CCC3O2)c1. The lowest BCUT2D eigenvalue weighted by Crippen LogP contribution is -2.37. The third kappa shape index (κ3) is 2.73. The minimum absolute atomic E-state index is 0.250. The van der Waals surface area contributed by atoms with Gasteiger partial charge in [-0.1, -0.05) is 12.1 Å². The van der Waals surface area contributed by atoms with Gasteiger partial charge in [0.15, 0.2) is 5.90 Å². The lowest BCUT2D eigenvalue weighted by Gasteiger charge is -2.26. The zero-order valence-electron chi connectivity index (χ0n) is 11.2. The average Bonchev–Trinajstić information content (AvgIpc) is 2.80. The van der Waals surface area contributed by atoms with Crippen LogP contribution in [0.3, 0.4) is 0 Å². The van der Waals surface area contributed by atoms with Gasteiger partial charge in [-0.2, -0.15) is 0 Å². The maximum absolute atomic E-state index is 5.99. The van der Waals surface area contributed by atoms with E-state index in [4.69, 9.17) is 15.2 Å². The van der Waals surface area contributed by atoms with E-state index in [0.29, 0.717) is 0 Å². The van der Waals surface area contributed by atoms with Crippen molar-refractivity contribution in [2.75, 3.05) is 7.11 Å². The van der Waals surface area contributed by atoms with E-state index in [-0.39, 0.29) is 18.2 Å². The maximum Gasteiger partial charge on any atom is 0.188 e. The standard InChI is InChI=1S/C15H20N2O2/c1-18-12-4-2-3-10(7-12)8-15-17-13-9-11(16)5-6-14(13)19-15/h2-4,7,11,13-14H,5-6,8-9,16H2,1H3. The first kappa shape index (κ1) is 12.5. The monoisotopic (exact) mass is 260 g/mol. The number of methoxy groups -OCH3 is 1. The number of hydrogen-bond acceptors (Lipinski definition) is 4. The number of nitrogens with zero attached hydrogens (tertiary/aromatic N) is 1. The normalized spacial score (nSPS) is 29.4. The minimum Gasteiger partial charge on any atom is -0.497 e. The number of nitrogens with two attached hydrogens (primary N) is 1. The van der Waals surface area contributed by atoms with E-state index in [1.807, 2.05) is 18.2 Å². The second-order valence-electron chi connectivity index (χ2n) is 5.35. The fraction of sp³-hybridized carbons (Fsp3) is 0.533. The third-order valence-electron chi connectivity index (χ3n) is 3.88. The van der Waals surface area contributed by atoms with Gasteiger partial charge >= 0.3 is 0 Å². The highest BCUT2D eigenvalue weighted by molar-refractivity contribution is 5.80. The Morgan fingerprint density at radius 3 is 3.16 bits per heavy atom. The van der Waals surface area contributed by atoms with E-state index in [9.17, 15) is 0 Å². The van der Waals surface area contributed by atoms with Crippen molar-refractivity contribution in [1.29, 1.82) is 0 Å². The quantitative estimate of drug-likeness (QED) is 0.903. The Kier molecular flexibility index (Phi) is 3.42. The molecule has 1 saturated carbocycles. The molecule has 1 aliphatic heterocycles. The Morgan fingerprint density at radius 1 is 1.42 bits per heavy atom. The van der Waals surface area contributed by atoms with Crippen molar-refractivity contribution in [3.63, 3.8) is 0 Å². The van der Waals surface area contributed by atoms with Crippen LogP contribution < -0.4 is 10.5 Å². The fourth-order valence-corrected chi connectivity index (χ4v) is 2.86. The van der Waals surface area contributed by atoms with E-state index in [0.717, 1.165) is 37.3 Å². The van der Waals surface area contributed by atoms with Crippen LogP contribution in [0, 0.1) is 0 Å². The van der Waals surface area contributed by atoms with E-state index >= 15 is 0 Å². The first-order valence-corrected chi connectivity index (χ1v) is 6.86. The largest absolute Gasteiger partial charge is 0.497 e. The number of rotatable bonds is 3. The Morgan fingerprint density at radius 2 is 2.32 bits per heavy atom. The molecule has 1 aliphatic carbocycles. The summed E-state index contributed by atoms with van der Waals surface area (Å²) < 4.78 is 11.2. The van der Waals surface area contributed by atoms with Crippen molar-refractivity contribution in [3.05, 3.63) is 29.8 Å². The summed E-state index contributed by atoms with van der Waals surface area (Å²) in [6.45, 7) is 0. The van der Waals surface area contributed by atoms with Crippen LogP contribution in [-0.4, -0.2) is 31.2 Å². The van der Waals surface area contributed by atoms with Crippen molar-refractivity contribution in [2.45, 2.75) is 43.9 Å². The molecule has 0 bridgehead atoms. The molecule has 1 aromatic carbocycles. The van der Waals surface area contributed by atoms with Gasteiger partial charge in [-0.15, -0.1) is 0 Å². The molecule has 2 aliphatic rings. The fourth-order valence-electron chi connectivity index (χ4n) is 2.86. The van der Waals surface area contributed by atoms with Crippen molar-refractivity contribution < 1.29 is 9.47 Å². The summed E-state index contributed by atoms with van der Waals surface area (Å²) >= 11 is 0. The van der Waals surface area contributed by atoms with Crippen LogP contribution in [0.4, 0.5) is 0 Å². The molecule has 3 unspecified atom stereocenters. The number of ether oxygens (including phenoxy) is 2. The van der Waals surface area contributed by atoms with Crippen LogP contribution in [-0.2, 0) is 11.2 Å².